The average molecular weight is 490 g/mol. The number of benzene rings is 3. The first-order valence-corrected chi connectivity index (χ1v) is 12.0. The van der Waals surface area contributed by atoms with Crippen molar-refractivity contribution in [3.8, 4) is 11.5 Å². The Hall–Kier alpha value is -3.46. The summed E-state index contributed by atoms with van der Waals surface area (Å²) >= 11 is 0. The molecule has 9 heteroatoms. The van der Waals surface area contributed by atoms with Crippen LogP contribution >= 0.6 is 0 Å². The van der Waals surface area contributed by atoms with E-state index in [0.29, 0.717) is 12.0 Å². The molecule has 0 spiro atoms. The highest BCUT2D eigenvalue weighted by Gasteiger charge is 2.26. The number of hydrogen-bond acceptors (Lipinski definition) is 5. The van der Waals surface area contributed by atoms with Gasteiger partial charge in [0.05, 0.1) is 12.7 Å². The third-order valence-corrected chi connectivity index (χ3v) is 6.64. The number of ether oxygens (including phenoxy) is 1. The second-order valence-corrected chi connectivity index (χ2v) is 9.16. The summed E-state index contributed by atoms with van der Waals surface area (Å²) in [5, 5.41) is 0. The second kappa shape index (κ2) is 10.6. The van der Waals surface area contributed by atoms with Crippen LogP contribution in [0, 0.1) is 11.6 Å². The molecule has 34 heavy (non-hydrogen) atoms. The van der Waals surface area contributed by atoms with Crippen LogP contribution in [0.4, 0.5) is 8.78 Å². The summed E-state index contributed by atoms with van der Waals surface area (Å²) in [4.78, 5) is 14.2. The quantitative estimate of drug-likeness (QED) is 0.387. The van der Waals surface area contributed by atoms with E-state index in [1.807, 2.05) is 13.8 Å². The Labute approximate surface area is 197 Å². The monoisotopic (exact) mass is 489 g/mol. The summed E-state index contributed by atoms with van der Waals surface area (Å²) in [6, 6.07) is 14.9. The molecule has 0 bridgehead atoms. The van der Waals surface area contributed by atoms with Gasteiger partial charge in [0, 0.05) is 18.2 Å². The van der Waals surface area contributed by atoms with Crippen molar-refractivity contribution in [1.82, 2.24) is 4.90 Å². The summed E-state index contributed by atoms with van der Waals surface area (Å²) in [6.07, 6.45) is 0.590. The molecule has 0 saturated carbocycles. The van der Waals surface area contributed by atoms with Crippen LogP contribution in [-0.2, 0) is 16.7 Å². The summed E-state index contributed by atoms with van der Waals surface area (Å²) in [6.45, 7) is 3.68. The molecule has 3 aromatic rings. The van der Waals surface area contributed by atoms with E-state index in [1.54, 1.807) is 24.3 Å². The molecular weight excluding hydrogens is 464 g/mol. The molecule has 1 unspecified atom stereocenters. The predicted molar refractivity (Wildman–Crippen MR) is 123 cm³/mol. The van der Waals surface area contributed by atoms with Gasteiger partial charge in [-0.3, -0.25) is 4.79 Å². The van der Waals surface area contributed by atoms with Crippen molar-refractivity contribution >= 4 is 16.0 Å². The molecule has 0 fully saturated rings. The van der Waals surface area contributed by atoms with Crippen LogP contribution < -0.4 is 8.92 Å². The van der Waals surface area contributed by atoms with E-state index in [0.717, 1.165) is 6.07 Å². The fraction of sp³-hybridized carbons (Fsp3) is 0.240. The summed E-state index contributed by atoms with van der Waals surface area (Å²) in [5.41, 5.74) is 0.313. The minimum Gasteiger partial charge on any atom is -0.494 e. The number of nitrogens with zero attached hydrogens (tertiary/aromatic N) is 1. The zero-order chi connectivity index (χ0) is 24.9. The molecule has 1 atom stereocenters. The lowest BCUT2D eigenvalue weighted by Gasteiger charge is -2.29. The van der Waals surface area contributed by atoms with Crippen molar-refractivity contribution in [2.24, 2.45) is 0 Å². The fourth-order valence-corrected chi connectivity index (χ4v) is 4.28. The number of amides is 1. The number of carbonyl (C=O) groups excluding carboxylic acids is 1. The molecule has 0 heterocycles. The Morgan fingerprint density at radius 3 is 2.29 bits per heavy atom. The van der Waals surface area contributed by atoms with E-state index in [9.17, 15) is 22.0 Å². The molecule has 0 aliphatic rings. The van der Waals surface area contributed by atoms with Crippen LogP contribution in [0.2, 0.25) is 0 Å². The van der Waals surface area contributed by atoms with Crippen molar-refractivity contribution in [2.45, 2.75) is 37.8 Å². The zero-order valence-electron chi connectivity index (χ0n) is 19.0. The molecule has 0 aliphatic heterocycles. The normalized spacial score (nSPS) is 12.1. The SMILES string of the molecule is CCC(C)N(Cc1ccccc1OS(=O)(=O)c1ccc(OC)c(F)c1)C(=O)c1ccccc1F. The summed E-state index contributed by atoms with van der Waals surface area (Å²) in [5.74, 6) is -2.14. The maximum Gasteiger partial charge on any atom is 0.339 e. The van der Waals surface area contributed by atoms with E-state index in [1.165, 1.54) is 48.4 Å². The van der Waals surface area contributed by atoms with Gasteiger partial charge in [-0.15, -0.1) is 0 Å². The van der Waals surface area contributed by atoms with Crippen molar-refractivity contribution < 1.29 is 30.9 Å². The molecule has 180 valence electrons. The van der Waals surface area contributed by atoms with E-state index in [4.69, 9.17) is 8.92 Å². The van der Waals surface area contributed by atoms with Crippen LogP contribution in [0.1, 0.15) is 36.2 Å². The van der Waals surface area contributed by atoms with Crippen molar-refractivity contribution in [3.05, 3.63) is 89.5 Å². The summed E-state index contributed by atoms with van der Waals surface area (Å²) < 4.78 is 64.1. The van der Waals surface area contributed by atoms with Gasteiger partial charge in [0.25, 0.3) is 5.91 Å². The zero-order valence-corrected chi connectivity index (χ0v) is 19.8. The second-order valence-electron chi connectivity index (χ2n) is 7.61. The van der Waals surface area contributed by atoms with E-state index < -0.39 is 27.7 Å². The minimum atomic E-state index is -4.38. The molecular formula is C25H25F2NO5S. The number of methoxy groups -OCH3 is 1. The Balaban J connectivity index is 1.93. The fourth-order valence-electron chi connectivity index (χ4n) is 3.31. The maximum absolute atomic E-state index is 14.3. The van der Waals surface area contributed by atoms with Crippen LogP contribution in [0.5, 0.6) is 11.5 Å². The largest absolute Gasteiger partial charge is 0.494 e. The van der Waals surface area contributed by atoms with E-state index in [2.05, 4.69) is 0 Å². The van der Waals surface area contributed by atoms with E-state index in [-0.39, 0.29) is 34.5 Å². The standard InChI is InChI=1S/C25H25F2NO5S/c1-4-17(2)28(25(29)20-10-6-7-11-21(20)26)16-18-9-5-8-12-23(18)33-34(30,31)19-13-14-24(32-3)22(27)15-19/h5-15,17H,4,16H2,1-3H3. The molecule has 1 amide bonds. The number of rotatable bonds is 9. The van der Waals surface area contributed by atoms with Gasteiger partial charge in [-0.2, -0.15) is 8.42 Å². The highest BCUT2D eigenvalue weighted by molar-refractivity contribution is 7.87. The van der Waals surface area contributed by atoms with Crippen LogP contribution in [-0.4, -0.2) is 32.4 Å². The molecule has 0 aromatic heterocycles. The molecule has 3 aromatic carbocycles. The number of carbonyl (C=O) groups is 1. The molecule has 0 aliphatic carbocycles. The minimum absolute atomic E-state index is 0.0200. The van der Waals surface area contributed by atoms with Gasteiger partial charge in [-0.1, -0.05) is 37.3 Å². The lowest BCUT2D eigenvalue weighted by atomic mass is 10.1. The molecule has 0 radical (unpaired) electrons. The third-order valence-electron chi connectivity index (χ3n) is 5.41. The maximum atomic E-state index is 14.3. The van der Waals surface area contributed by atoms with Gasteiger partial charge in [-0.05, 0) is 49.7 Å². The Morgan fingerprint density at radius 2 is 1.65 bits per heavy atom. The van der Waals surface area contributed by atoms with E-state index >= 15 is 0 Å². The topological polar surface area (TPSA) is 72.9 Å². The average Bonchev–Trinajstić information content (AvgIpc) is 2.82. The van der Waals surface area contributed by atoms with Gasteiger partial charge in [0.2, 0.25) is 0 Å². The van der Waals surface area contributed by atoms with Crippen LogP contribution in [0.15, 0.2) is 71.6 Å². The number of hydrogen-bond donors (Lipinski definition) is 0. The number of halogens is 2. The van der Waals surface area contributed by atoms with Gasteiger partial charge >= 0.3 is 10.1 Å². The van der Waals surface area contributed by atoms with Crippen LogP contribution in [0.3, 0.4) is 0 Å². The lowest BCUT2D eigenvalue weighted by Crippen LogP contribution is -2.38. The Morgan fingerprint density at radius 1 is 0.971 bits per heavy atom. The Bertz CT molecular complexity index is 1280. The summed E-state index contributed by atoms with van der Waals surface area (Å²) in [7, 11) is -3.11. The van der Waals surface area contributed by atoms with Crippen LogP contribution in [0.25, 0.3) is 0 Å². The predicted octanol–water partition coefficient (Wildman–Crippen LogP) is 5.18. The molecule has 0 N–H and O–H groups in total. The number of para-hydroxylation sites is 1. The van der Waals surface area contributed by atoms with Gasteiger partial charge in [-0.25, -0.2) is 8.78 Å². The smallest absolute Gasteiger partial charge is 0.339 e. The van der Waals surface area contributed by atoms with Crippen molar-refractivity contribution in [3.63, 3.8) is 0 Å². The van der Waals surface area contributed by atoms with Gasteiger partial charge in [0.15, 0.2) is 11.6 Å². The van der Waals surface area contributed by atoms with Crippen molar-refractivity contribution in [1.29, 1.82) is 0 Å². The highest BCUT2D eigenvalue weighted by Crippen LogP contribution is 2.28. The first kappa shape index (κ1) is 25.2. The highest BCUT2D eigenvalue weighted by atomic mass is 32.2. The molecule has 6 nitrogen and oxygen atoms in total. The lowest BCUT2D eigenvalue weighted by molar-refractivity contribution is 0.0666. The molecule has 3 rings (SSSR count). The first-order valence-electron chi connectivity index (χ1n) is 10.6. The molecule has 0 saturated heterocycles. The third kappa shape index (κ3) is 5.53. The van der Waals surface area contributed by atoms with Crippen molar-refractivity contribution in [2.75, 3.05) is 7.11 Å². The first-order chi connectivity index (χ1) is 16.2. The van der Waals surface area contributed by atoms with Gasteiger partial charge in [0.1, 0.15) is 16.5 Å². The Kier molecular flexibility index (Phi) is 7.88. The van der Waals surface area contributed by atoms with Gasteiger partial charge < -0.3 is 13.8 Å².